The van der Waals surface area contributed by atoms with Gasteiger partial charge in [0, 0.05) is 29.8 Å². The van der Waals surface area contributed by atoms with Gasteiger partial charge >= 0.3 is 18.4 Å². The molecule has 0 bridgehead atoms. The Bertz CT molecular complexity index is 1100. The number of alkyl halides is 6. The Morgan fingerprint density at radius 1 is 1.00 bits per heavy atom. The van der Waals surface area contributed by atoms with Crippen molar-refractivity contribution in [3.8, 4) is 0 Å². The van der Waals surface area contributed by atoms with Gasteiger partial charge in [-0.15, -0.1) is 0 Å². The van der Waals surface area contributed by atoms with Crippen LogP contribution in [0.15, 0.2) is 42.6 Å². The van der Waals surface area contributed by atoms with Crippen molar-refractivity contribution in [3.63, 3.8) is 0 Å². The highest BCUT2D eigenvalue weighted by atomic mass is 19.4. The SMILES string of the molecule is Cn1cc(C(=O)NC(=O)Nc2cc(C(F)(F)F)cc(C(F)(F)F)c2)c2c[c]ccc21. The Balaban J connectivity index is 1.84. The van der Waals surface area contributed by atoms with E-state index in [0.29, 0.717) is 23.0 Å². The summed E-state index contributed by atoms with van der Waals surface area (Å²) in [6.45, 7) is 0. The summed E-state index contributed by atoms with van der Waals surface area (Å²) in [6, 6.07) is 6.89. The number of amides is 3. The lowest BCUT2D eigenvalue weighted by atomic mass is 10.1. The molecule has 1 radical (unpaired) electrons. The number of fused-ring (bicyclic) bond motifs is 1. The van der Waals surface area contributed by atoms with Gasteiger partial charge in [0.1, 0.15) is 0 Å². The molecule has 30 heavy (non-hydrogen) atoms. The number of hydrogen-bond acceptors (Lipinski definition) is 2. The van der Waals surface area contributed by atoms with E-state index >= 15 is 0 Å². The summed E-state index contributed by atoms with van der Waals surface area (Å²) in [6.07, 6.45) is -8.71. The highest BCUT2D eigenvalue weighted by Crippen LogP contribution is 2.37. The first-order chi connectivity index (χ1) is 13.9. The molecule has 2 N–H and O–H groups in total. The minimum Gasteiger partial charge on any atom is -0.350 e. The number of nitrogens with one attached hydrogen (secondary N) is 2. The van der Waals surface area contributed by atoms with Crippen LogP contribution in [0.4, 0.5) is 36.8 Å². The summed E-state index contributed by atoms with van der Waals surface area (Å²) in [5.41, 5.74) is -3.22. The van der Waals surface area contributed by atoms with Crippen molar-refractivity contribution in [1.82, 2.24) is 9.88 Å². The van der Waals surface area contributed by atoms with Gasteiger partial charge < -0.3 is 9.88 Å². The van der Waals surface area contributed by atoms with Crippen molar-refractivity contribution in [1.29, 1.82) is 0 Å². The highest BCUT2D eigenvalue weighted by Gasteiger charge is 2.37. The van der Waals surface area contributed by atoms with Gasteiger partial charge in [-0.25, -0.2) is 4.79 Å². The molecule has 0 fully saturated rings. The third-order valence-electron chi connectivity index (χ3n) is 4.15. The molecule has 1 heterocycles. The lowest BCUT2D eigenvalue weighted by molar-refractivity contribution is -0.143. The maximum Gasteiger partial charge on any atom is 0.416 e. The fourth-order valence-electron chi connectivity index (χ4n) is 2.82. The molecule has 2 aromatic carbocycles. The summed E-state index contributed by atoms with van der Waals surface area (Å²) in [5.74, 6) is -0.888. The number of hydrogen-bond donors (Lipinski definition) is 2. The molecule has 1 aromatic heterocycles. The Kier molecular flexibility index (Phi) is 5.23. The van der Waals surface area contributed by atoms with E-state index in [9.17, 15) is 35.9 Å². The third kappa shape index (κ3) is 4.39. The van der Waals surface area contributed by atoms with Gasteiger partial charge in [0.25, 0.3) is 5.91 Å². The van der Waals surface area contributed by atoms with E-state index in [1.807, 2.05) is 10.6 Å². The van der Waals surface area contributed by atoms with Crippen LogP contribution in [0, 0.1) is 6.07 Å². The highest BCUT2D eigenvalue weighted by molar-refractivity contribution is 6.13. The standard InChI is InChI=1S/C19H12F6N3O2/c1-28-9-14(13-4-2-3-5-15(13)28)16(29)27-17(30)26-12-7-10(18(20,21)22)6-11(8-12)19(23,24)25/h3-9H,1H3,(H2,26,27,29,30). The molecule has 5 nitrogen and oxygen atoms in total. The number of nitrogens with zero attached hydrogens (tertiary/aromatic N) is 1. The Labute approximate surface area is 165 Å². The van der Waals surface area contributed by atoms with E-state index < -0.39 is 41.1 Å². The number of carbonyl (C=O) groups excluding carboxylic acids is 2. The topological polar surface area (TPSA) is 63.1 Å². The van der Waals surface area contributed by atoms with Crippen molar-refractivity contribution >= 4 is 28.5 Å². The molecular formula is C19H12F6N3O2. The van der Waals surface area contributed by atoms with Crippen LogP contribution in [0.5, 0.6) is 0 Å². The fourth-order valence-corrected chi connectivity index (χ4v) is 2.82. The molecule has 0 saturated carbocycles. The fraction of sp³-hybridized carbons (Fsp3) is 0.158. The lowest BCUT2D eigenvalue weighted by Gasteiger charge is -2.14. The molecule has 0 spiro atoms. The number of aryl methyl sites for hydroxylation is 1. The third-order valence-corrected chi connectivity index (χ3v) is 4.15. The van der Waals surface area contributed by atoms with Gasteiger partial charge in [0.05, 0.1) is 16.7 Å². The Morgan fingerprint density at radius 2 is 1.60 bits per heavy atom. The predicted molar refractivity (Wildman–Crippen MR) is 94.7 cm³/mol. The van der Waals surface area contributed by atoms with Crippen molar-refractivity contribution < 1.29 is 35.9 Å². The number of carbonyl (C=O) groups is 2. The van der Waals surface area contributed by atoms with Crippen molar-refractivity contribution in [3.05, 3.63) is 65.4 Å². The average Bonchev–Trinajstić information content (AvgIpc) is 2.97. The van der Waals surface area contributed by atoms with Crippen LogP contribution in [0.3, 0.4) is 0 Å². The van der Waals surface area contributed by atoms with Crippen molar-refractivity contribution in [2.75, 3.05) is 5.32 Å². The second kappa shape index (κ2) is 7.39. The zero-order valence-electron chi connectivity index (χ0n) is 15.1. The molecule has 0 saturated heterocycles. The number of imide groups is 1. The van der Waals surface area contributed by atoms with Gasteiger partial charge in [-0.1, -0.05) is 6.07 Å². The van der Waals surface area contributed by atoms with Crippen molar-refractivity contribution in [2.24, 2.45) is 7.05 Å². The summed E-state index contributed by atoms with van der Waals surface area (Å²) in [5, 5.41) is 4.19. The second-order valence-electron chi connectivity index (χ2n) is 6.30. The van der Waals surface area contributed by atoms with Crippen LogP contribution in [0.1, 0.15) is 21.5 Å². The minimum absolute atomic E-state index is 0.0686. The maximum absolute atomic E-state index is 12.9. The molecule has 0 unspecified atom stereocenters. The number of urea groups is 1. The van der Waals surface area contributed by atoms with Crippen LogP contribution < -0.4 is 10.6 Å². The van der Waals surface area contributed by atoms with Gasteiger partial charge in [-0.05, 0) is 36.4 Å². The summed E-state index contributed by atoms with van der Waals surface area (Å²) >= 11 is 0. The summed E-state index contributed by atoms with van der Waals surface area (Å²) in [4.78, 5) is 24.4. The molecule has 0 aliphatic heterocycles. The monoisotopic (exact) mass is 428 g/mol. The van der Waals surface area contributed by atoms with E-state index in [1.54, 1.807) is 23.7 Å². The minimum atomic E-state index is -5.07. The quantitative estimate of drug-likeness (QED) is 0.566. The number of rotatable bonds is 2. The second-order valence-corrected chi connectivity index (χ2v) is 6.30. The van der Waals surface area contributed by atoms with Crippen molar-refractivity contribution in [2.45, 2.75) is 12.4 Å². The largest absolute Gasteiger partial charge is 0.416 e. The summed E-state index contributed by atoms with van der Waals surface area (Å²) < 4.78 is 79.0. The zero-order chi connectivity index (χ0) is 22.3. The van der Waals surface area contributed by atoms with Crippen LogP contribution in [0.25, 0.3) is 10.9 Å². The molecule has 157 valence electrons. The first-order valence-electron chi connectivity index (χ1n) is 8.23. The van der Waals surface area contributed by atoms with Crippen LogP contribution in [-0.4, -0.2) is 16.5 Å². The van der Waals surface area contributed by atoms with Gasteiger partial charge in [0.2, 0.25) is 0 Å². The molecule has 3 amide bonds. The average molecular weight is 428 g/mol. The Hall–Kier alpha value is -3.50. The lowest BCUT2D eigenvalue weighted by Crippen LogP contribution is -2.34. The normalized spacial score (nSPS) is 12.1. The first-order valence-corrected chi connectivity index (χ1v) is 8.23. The molecule has 11 heteroatoms. The van der Waals surface area contributed by atoms with Crippen LogP contribution in [-0.2, 0) is 19.4 Å². The van der Waals surface area contributed by atoms with Crippen LogP contribution in [0.2, 0.25) is 0 Å². The molecular weight excluding hydrogens is 416 g/mol. The zero-order valence-corrected chi connectivity index (χ0v) is 15.1. The van der Waals surface area contributed by atoms with Gasteiger partial charge in [-0.3, -0.25) is 10.1 Å². The van der Waals surface area contributed by atoms with Crippen LogP contribution >= 0.6 is 0 Å². The molecule has 0 aliphatic rings. The summed E-state index contributed by atoms with van der Waals surface area (Å²) in [7, 11) is 1.65. The van der Waals surface area contributed by atoms with Gasteiger partial charge in [0.15, 0.2) is 0 Å². The van der Waals surface area contributed by atoms with E-state index in [4.69, 9.17) is 0 Å². The van der Waals surface area contributed by atoms with E-state index in [0.717, 1.165) is 0 Å². The predicted octanol–water partition coefficient (Wildman–Crippen LogP) is 4.98. The molecule has 0 aliphatic carbocycles. The Morgan fingerprint density at radius 3 is 2.17 bits per heavy atom. The number of halogens is 6. The molecule has 3 rings (SSSR count). The number of benzene rings is 2. The first kappa shape index (κ1) is 21.2. The van der Waals surface area contributed by atoms with E-state index in [-0.39, 0.29) is 11.6 Å². The van der Waals surface area contributed by atoms with E-state index in [1.165, 1.54) is 12.3 Å². The molecule has 0 atom stereocenters. The number of anilines is 1. The maximum atomic E-state index is 12.9. The molecule has 3 aromatic rings. The smallest absolute Gasteiger partial charge is 0.350 e. The number of aromatic nitrogens is 1. The van der Waals surface area contributed by atoms with Gasteiger partial charge in [-0.2, -0.15) is 26.3 Å². The van der Waals surface area contributed by atoms with E-state index in [2.05, 4.69) is 6.07 Å².